The molecule has 1 heterocycles. The van der Waals surface area contributed by atoms with Crippen LogP contribution in [0.5, 0.6) is 17.5 Å². The van der Waals surface area contributed by atoms with E-state index in [2.05, 4.69) is 15.6 Å². The van der Waals surface area contributed by atoms with Gasteiger partial charge in [0.1, 0.15) is 24.6 Å². The first-order chi connectivity index (χ1) is 21.2. The number of carbonyl (C=O) groups is 2. The van der Waals surface area contributed by atoms with Gasteiger partial charge in [-0.3, -0.25) is 4.79 Å². The molecule has 9 nitrogen and oxygen atoms in total. The first kappa shape index (κ1) is 31.9. The lowest BCUT2D eigenvalue weighted by Gasteiger charge is -2.19. The van der Waals surface area contributed by atoms with Crippen LogP contribution in [0.1, 0.15) is 38.3 Å². The fraction of sp³-hybridized carbons (Fsp3) is 0.286. The predicted octanol–water partition coefficient (Wildman–Crippen LogP) is 6.32. The maximum absolute atomic E-state index is 12.2. The van der Waals surface area contributed by atoms with E-state index >= 15 is 0 Å². The van der Waals surface area contributed by atoms with E-state index < -0.39 is 11.7 Å². The number of rotatable bonds is 14. The molecule has 230 valence electrons. The Balaban J connectivity index is 1.31. The van der Waals surface area contributed by atoms with Gasteiger partial charge in [0, 0.05) is 24.7 Å². The largest absolute Gasteiger partial charge is 0.484 e. The van der Waals surface area contributed by atoms with Crippen LogP contribution >= 0.6 is 0 Å². The van der Waals surface area contributed by atoms with Crippen LogP contribution in [0.15, 0.2) is 97.1 Å². The molecule has 4 rings (SSSR count). The Labute approximate surface area is 258 Å². The Bertz CT molecular complexity index is 1470. The fourth-order valence-corrected chi connectivity index (χ4v) is 4.04. The molecule has 2 N–H and O–H groups in total. The number of benzene rings is 3. The Hall–Kier alpha value is -5.05. The summed E-state index contributed by atoms with van der Waals surface area (Å²) in [5, 5.41) is 5.44. The summed E-state index contributed by atoms with van der Waals surface area (Å²) in [4.78, 5) is 28.6. The van der Waals surface area contributed by atoms with Crippen molar-refractivity contribution in [3.63, 3.8) is 0 Å². The molecule has 44 heavy (non-hydrogen) atoms. The number of ether oxygens (including phenoxy) is 4. The third-order valence-electron chi connectivity index (χ3n) is 6.16. The molecule has 4 aromatic rings. The van der Waals surface area contributed by atoms with E-state index in [1.54, 1.807) is 32.9 Å². The van der Waals surface area contributed by atoms with Crippen molar-refractivity contribution in [1.82, 2.24) is 15.6 Å². The molecule has 0 aliphatic rings. The molecule has 0 spiro atoms. The maximum Gasteiger partial charge on any atom is 0.407 e. The molecule has 0 radical (unpaired) electrons. The summed E-state index contributed by atoms with van der Waals surface area (Å²) in [6.07, 6.45) is 0.0898. The fourth-order valence-electron chi connectivity index (χ4n) is 4.04. The summed E-state index contributed by atoms with van der Waals surface area (Å²) in [5.41, 5.74) is 3.20. The Kier molecular flexibility index (Phi) is 11.6. The van der Waals surface area contributed by atoms with E-state index in [4.69, 9.17) is 18.9 Å². The van der Waals surface area contributed by atoms with Gasteiger partial charge < -0.3 is 29.6 Å². The van der Waals surface area contributed by atoms with Gasteiger partial charge >= 0.3 is 6.09 Å². The number of hydrogen-bond acceptors (Lipinski definition) is 7. The van der Waals surface area contributed by atoms with Gasteiger partial charge in [-0.25, -0.2) is 4.79 Å². The second kappa shape index (κ2) is 16.0. The number of amides is 2. The monoisotopic (exact) mass is 597 g/mol. The molecular weight excluding hydrogens is 558 g/mol. The molecular formula is C35H39N3O6. The second-order valence-corrected chi connectivity index (χ2v) is 11.0. The molecule has 0 aliphatic carbocycles. The van der Waals surface area contributed by atoms with E-state index in [0.29, 0.717) is 50.2 Å². The van der Waals surface area contributed by atoms with E-state index in [0.717, 1.165) is 22.3 Å². The number of nitrogens with zero attached hydrogens (tertiary/aromatic N) is 1. The summed E-state index contributed by atoms with van der Waals surface area (Å²) in [7, 11) is 0. The van der Waals surface area contributed by atoms with Crippen molar-refractivity contribution in [1.29, 1.82) is 0 Å². The van der Waals surface area contributed by atoms with Crippen LogP contribution in [0.2, 0.25) is 0 Å². The molecule has 1 aromatic heterocycles. The quantitative estimate of drug-likeness (QED) is 0.164. The highest BCUT2D eigenvalue weighted by atomic mass is 16.6. The summed E-state index contributed by atoms with van der Waals surface area (Å²) >= 11 is 0. The predicted molar refractivity (Wildman–Crippen MR) is 169 cm³/mol. The summed E-state index contributed by atoms with van der Waals surface area (Å²) in [6.45, 7) is 6.83. The number of pyridine rings is 1. The SMILES string of the molecule is CC(C)(C)OC(=O)NCCCNC(=O)COc1ccc(-c2ccc(OCc3ccccc3)nc2OCc2ccccc2)cc1. The van der Waals surface area contributed by atoms with Crippen LogP contribution in [-0.2, 0) is 22.7 Å². The average molecular weight is 598 g/mol. The van der Waals surface area contributed by atoms with Gasteiger partial charge in [-0.1, -0.05) is 72.8 Å². The number of alkyl carbamates (subject to hydrolysis) is 1. The Morgan fingerprint density at radius 2 is 1.32 bits per heavy atom. The smallest absolute Gasteiger partial charge is 0.407 e. The molecule has 9 heteroatoms. The van der Waals surface area contributed by atoms with Gasteiger partial charge in [0.05, 0.1) is 0 Å². The zero-order valence-corrected chi connectivity index (χ0v) is 25.4. The summed E-state index contributed by atoms with van der Waals surface area (Å²) in [5.74, 6) is 1.22. The summed E-state index contributed by atoms with van der Waals surface area (Å²) < 4.78 is 23.0. The third kappa shape index (κ3) is 11.0. The van der Waals surface area contributed by atoms with Crippen molar-refractivity contribution >= 4 is 12.0 Å². The number of aromatic nitrogens is 1. The normalized spacial score (nSPS) is 10.9. The van der Waals surface area contributed by atoms with Crippen molar-refractivity contribution in [2.24, 2.45) is 0 Å². The molecule has 3 aromatic carbocycles. The van der Waals surface area contributed by atoms with Crippen molar-refractivity contribution < 1.29 is 28.5 Å². The highest BCUT2D eigenvalue weighted by molar-refractivity contribution is 5.77. The Morgan fingerprint density at radius 1 is 0.705 bits per heavy atom. The molecule has 0 bridgehead atoms. The Morgan fingerprint density at radius 3 is 1.95 bits per heavy atom. The van der Waals surface area contributed by atoms with Gasteiger partial charge in [0.15, 0.2) is 6.61 Å². The van der Waals surface area contributed by atoms with Crippen molar-refractivity contribution in [3.8, 4) is 28.6 Å². The molecule has 0 aliphatic heterocycles. The van der Waals surface area contributed by atoms with Crippen LogP contribution in [0.3, 0.4) is 0 Å². The van der Waals surface area contributed by atoms with Gasteiger partial charge in [-0.15, -0.1) is 0 Å². The molecule has 0 saturated heterocycles. The topological polar surface area (TPSA) is 108 Å². The van der Waals surface area contributed by atoms with E-state index in [1.165, 1.54) is 0 Å². The average Bonchev–Trinajstić information content (AvgIpc) is 3.02. The lowest BCUT2D eigenvalue weighted by Crippen LogP contribution is -2.35. The molecule has 0 unspecified atom stereocenters. The molecule has 0 atom stereocenters. The van der Waals surface area contributed by atoms with Gasteiger partial charge in [-0.05, 0) is 62.1 Å². The van der Waals surface area contributed by atoms with Gasteiger partial charge in [0.25, 0.3) is 5.91 Å². The second-order valence-electron chi connectivity index (χ2n) is 11.0. The van der Waals surface area contributed by atoms with Crippen LogP contribution in [-0.4, -0.2) is 42.3 Å². The molecule has 0 fully saturated rings. The minimum Gasteiger partial charge on any atom is -0.484 e. The lowest BCUT2D eigenvalue weighted by molar-refractivity contribution is -0.123. The van der Waals surface area contributed by atoms with Crippen LogP contribution in [0, 0.1) is 0 Å². The minimum absolute atomic E-state index is 0.126. The van der Waals surface area contributed by atoms with Crippen molar-refractivity contribution in [2.75, 3.05) is 19.7 Å². The van der Waals surface area contributed by atoms with E-state index in [-0.39, 0.29) is 12.5 Å². The number of nitrogens with one attached hydrogen (secondary N) is 2. The molecule has 2 amide bonds. The zero-order valence-electron chi connectivity index (χ0n) is 25.4. The van der Waals surface area contributed by atoms with Gasteiger partial charge in [-0.2, -0.15) is 4.98 Å². The standard InChI is InChI=1S/C35H39N3O6/c1-35(2,3)44-34(40)37-22-10-21-36-31(39)25-41-29-17-15-28(16-18-29)30-19-20-32(42-23-26-11-6-4-7-12-26)38-33(30)43-24-27-13-8-5-9-14-27/h4-9,11-20H,10,21-25H2,1-3H3,(H,36,39)(H,37,40). The molecule has 0 saturated carbocycles. The van der Waals surface area contributed by atoms with Crippen LogP contribution in [0.4, 0.5) is 4.79 Å². The zero-order chi connectivity index (χ0) is 31.2. The number of hydrogen-bond donors (Lipinski definition) is 2. The first-order valence-corrected chi connectivity index (χ1v) is 14.6. The maximum atomic E-state index is 12.2. The highest BCUT2D eigenvalue weighted by Gasteiger charge is 2.15. The third-order valence-corrected chi connectivity index (χ3v) is 6.16. The number of carbonyl (C=O) groups excluding carboxylic acids is 2. The van der Waals surface area contributed by atoms with E-state index in [1.807, 2.05) is 84.9 Å². The van der Waals surface area contributed by atoms with Crippen molar-refractivity contribution in [3.05, 3.63) is 108 Å². The van der Waals surface area contributed by atoms with Crippen LogP contribution in [0.25, 0.3) is 11.1 Å². The minimum atomic E-state index is -0.550. The van der Waals surface area contributed by atoms with Crippen LogP contribution < -0.4 is 24.8 Å². The highest BCUT2D eigenvalue weighted by Crippen LogP contribution is 2.32. The van der Waals surface area contributed by atoms with E-state index in [9.17, 15) is 9.59 Å². The van der Waals surface area contributed by atoms with Crippen molar-refractivity contribution in [2.45, 2.75) is 46.0 Å². The first-order valence-electron chi connectivity index (χ1n) is 14.6. The summed E-state index contributed by atoms with van der Waals surface area (Å²) in [6, 6.07) is 30.9. The van der Waals surface area contributed by atoms with Gasteiger partial charge in [0.2, 0.25) is 11.8 Å². The lowest BCUT2D eigenvalue weighted by atomic mass is 10.1.